The molecule has 0 aromatic rings. The molecule has 1 aliphatic carbocycles. The lowest BCUT2D eigenvalue weighted by molar-refractivity contribution is -0.117. The molecule has 3 heteroatoms. The molecule has 1 heterocycles. The first-order valence-corrected chi connectivity index (χ1v) is 5.27. The van der Waals surface area contributed by atoms with Crippen LogP contribution in [0.15, 0.2) is 11.6 Å². The lowest BCUT2D eigenvalue weighted by atomic mass is 10.0. The highest BCUT2D eigenvalue weighted by Crippen LogP contribution is 2.33. The van der Waals surface area contributed by atoms with Crippen LogP contribution in [0.5, 0.6) is 0 Å². The van der Waals surface area contributed by atoms with Gasteiger partial charge in [-0.1, -0.05) is 13.0 Å². The highest BCUT2D eigenvalue weighted by Gasteiger charge is 2.32. The van der Waals surface area contributed by atoms with Crippen LogP contribution in [0.1, 0.15) is 26.2 Å². The fourth-order valence-electron chi connectivity index (χ4n) is 1.86. The third-order valence-corrected chi connectivity index (χ3v) is 2.94. The molecule has 0 saturated heterocycles. The number of carbonyl (C=O) groups excluding carboxylic acids is 1. The Bertz CT molecular complexity index is 246. The van der Waals surface area contributed by atoms with Crippen LogP contribution in [0.2, 0.25) is 0 Å². The molecule has 1 saturated carbocycles. The Hall–Kier alpha value is -0.150. The van der Waals surface area contributed by atoms with Gasteiger partial charge in [-0.25, -0.2) is 0 Å². The second kappa shape index (κ2) is 5.08. The molecule has 0 amide bonds. The van der Waals surface area contributed by atoms with Gasteiger partial charge in [-0.15, -0.1) is 17.0 Å². The quantitative estimate of drug-likeness (QED) is 0.775. The van der Waals surface area contributed by atoms with Gasteiger partial charge in [0.25, 0.3) is 0 Å². The van der Waals surface area contributed by atoms with E-state index in [9.17, 15) is 4.79 Å². The molecule has 0 unspecified atom stereocenters. The van der Waals surface area contributed by atoms with Gasteiger partial charge in [-0.2, -0.15) is 0 Å². The van der Waals surface area contributed by atoms with Crippen LogP contribution in [-0.2, 0) is 4.79 Å². The average molecular weight is 260 g/mol. The zero-order valence-electron chi connectivity index (χ0n) is 8.66. The van der Waals surface area contributed by atoms with Crippen LogP contribution in [0.25, 0.3) is 0 Å². The first-order valence-electron chi connectivity index (χ1n) is 5.27. The molecule has 1 fully saturated rings. The average Bonchev–Trinajstić information content (AvgIpc) is 3.00. The number of nitrogens with zero attached hydrogens (tertiary/aromatic N) is 1. The standard InChI is InChI=1S/C11H17NO.BrH/c1-2-12-7-3-4-10(8-12)11(13)9-5-6-9;/h4,9H,2-3,5-8H2,1H3;1H. The van der Waals surface area contributed by atoms with Gasteiger partial charge in [0.1, 0.15) is 0 Å². The van der Waals surface area contributed by atoms with Gasteiger partial charge in [-0.3, -0.25) is 9.69 Å². The van der Waals surface area contributed by atoms with Gasteiger partial charge < -0.3 is 0 Å². The highest BCUT2D eigenvalue weighted by molar-refractivity contribution is 8.93. The molecule has 2 nitrogen and oxygen atoms in total. The Kier molecular flexibility index (Phi) is 4.32. The summed E-state index contributed by atoms with van der Waals surface area (Å²) in [5.74, 6) is 0.821. The monoisotopic (exact) mass is 259 g/mol. The van der Waals surface area contributed by atoms with Gasteiger partial charge in [-0.05, 0) is 25.8 Å². The molecule has 0 aromatic heterocycles. The molecule has 0 aromatic carbocycles. The zero-order chi connectivity index (χ0) is 9.26. The summed E-state index contributed by atoms with van der Waals surface area (Å²) in [5.41, 5.74) is 1.08. The van der Waals surface area contributed by atoms with E-state index >= 15 is 0 Å². The van der Waals surface area contributed by atoms with Gasteiger partial charge in [0.2, 0.25) is 0 Å². The lowest BCUT2D eigenvalue weighted by Gasteiger charge is -2.25. The van der Waals surface area contributed by atoms with Gasteiger partial charge in [0.15, 0.2) is 5.78 Å². The van der Waals surface area contributed by atoms with Crippen LogP contribution < -0.4 is 0 Å². The van der Waals surface area contributed by atoms with Crippen molar-refractivity contribution in [3.8, 4) is 0 Å². The summed E-state index contributed by atoms with van der Waals surface area (Å²) in [6, 6.07) is 0. The third-order valence-electron chi connectivity index (χ3n) is 2.94. The van der Waals surface area contributed by atoms with Gasteiger partial charge in [0.05, 0.1) is 0 Å². The smallest absolute Gasteiger partial charge is 0.162 e. The molecule has 0 radical (unpaired) electrons. The van der Waals surface area contributed by atoms with E-state index in [4.69, 9.17) is 0 Å². The Labute approximate surface area is 96.1 Å². The molecule has 80 valence electrons. The fraction of sp³-hybridized carbons (Fsp3) is 0.727. The van der Waals surface area contributed by atoms with E-state index in [0.717, 1.165) is 44.5 Å². The Morgan fingerprint density at radius 2 is 2.29 bits per heavy atom. The second-order valence-electron chi connectivity index (χ2n) is 4.03. The minimum Gasteiger partial charge on any atom is -0.299 e. The summed E-state index contributed by atoms with van der Waals surface area (Å²) in [7, 11) is 0. The van der Waals surface area contributed by atoms with Crippen LogP contribution in [0.4, 0.5) is 0 Å². The predicted octanol–water partition coefficient (Wildman–Crippen LogP) is 2.20. The topological polar surface area (TPSA) is 20.3 Å². The van der Waals surface area contributed by atoms with Gasteiger partial charge >= 0.3 is 0 Å². The summed E-state index contributed by atoms with van der Waals surface area (Å²) in [5, 5.41) is 0. The molecule has 1 aliphatic heterocycles. The van der Waals surface area contributed by atoms with E-state index in [0.29, 0.717) is 11.7 Å². The maximum absolute atomic E-state index is 11.7. The number of carbonyl (C=O) groups is 1. The van der Waals surface area contributed by atoms with Crippen molar-refractivity contribution in [2.24, 2.45) is 5.92 Å². The molecular formula is C11H18BrNO. The predicted molar refractivity (Wildman–Crippen MR) is 62.9 cm³/mol. The molecule has 2 aliphatic rings. The minimum absolute atomic E-state index is 0. The van der Waals surface area contributed by atoms with E-state index < -0.39 is 0 Å². The maximum Gasteiger partial charge on any atom is 0.162 e. The van der Waals surface area contributed by atoms with Crippen LogP contribution in [-0.4, -0.2) is 30.3 Å². The van der Waals surface area contributed by atoms with Crippen LogP contribution >= 0.6 is 17.0 Å². The van der Waals surface area contributed by atoms with Crippen LogP contribution in [0.3, 0.4) is 0 Å². The summed E-state index contributed by atoms with van der Waals surface area (Å²) in [6.07, 6.45) is 5.46. The van der Waals surface area contributed by atoms with Crippen molar-refractivity contribution < 1.29 is 4.79 Å². The number of likely N-dealkylation sites (N-methyl/N-ethyl adjacent to an activating group) is 1. The van der Waals surface area contributed by atoms with Crippen molar-refractivity contribution in [3.63, 3.8) is 0 Å². The first-order chi connectivity index (χ1) is 6.31. The lowest BCUT2D eigenvalue weighted by Crippen LogP contribution is -2.32. The fourth-order valence-corrected chi connectivity index (χ4v) is 1.86. The number of rotatable bonds is 3. The molecule has 0 bridgehead atoms. The molecule has 0 N–H and O–H groups in total. The number of ketones is 1. The summed E-state index contributed by atoms with van der Waals surface area (Å²) in [4.78, 5) is 14.1. The molecule has 0 spiro atoms. The Morgan fingerprint density at radius 3 is 2.86 bits per heavy atom. The van der Waals surface area contributed by atoms with Crippen LogP contribution in [0, 0.1) is 5.92 Å². The van der Waals surface area contributed by atoms with Crippen molar-refractivity contribution in [2.45, 2.75) is 26.2 Å². The van der Waals surface area contributed by atoms with E-state index in [2.05, 4.69) is 17.9 Å². The van der Waals surface area contributed by atoms with E-state index in [1.807, 2.05) is 0 Å². The largest absolute Gasteiger partial charge is 0.299 e. The van der Waals surface area contributed by atoms with Gasteiger partial charge in [0, 0.05) is 24.6 Å². The maximum atomic E-state index is 11.7. The highest BCUT2D eigenvalue weighted by atomic mass is 79.9. The number of halogens is 1. The Balaban J connectivity index is 0.000000980. The van der Waals surface area contributed by atoms with Crippen molar-refractivity contribution in [1.82, 2.24) is 4.90 Å². The zero-order valence-corrected chi connectivity index (χ0v) is 10.4. The summed E-state index contributed by atoms with van der Waals surface area (Å²) < 4.78 is 0. The van der Waals surface area contributed by atoms with Crippen molar-refractivity contribution in [2.75, 3.05) is 19.6 Å². The van der Waals surface area contributed by atoms with Crippen molar-refractivity contribution >= 4 is 22.8 Å². The van der Waals surface area contributed by atoms with E-state index in [-0.39, 0.29) is 17.0 Å². The van der Waals surface area contributed by atoms with E-state index in [1.165, 1.54) is 0 Å². The second-order valence-corrected chi connectivity index (χ2v) is 4.03. The minimum atomic E-state index is 0. The third kappa shape index (κ3) is 2.67. The molecular weight excluding hydrogens is 242 g/mol. The number of hydrogen-bond acceptors (Lipinski definition) is 2. The molecule has 2 rings (SSSR count). The Morgan fingerprint density at radius 1 is 1.57 bits per heavy atom. The molecule has 0 atom stereocenters. The van der Waals surface area contributed by atoms with Crippen molar-refractivity contribution in [1.29, 1.82) is 0 Å². The first kappa shape index (κ1) is 11.9. The molecule has 14 heavy (non-hydrogen) atoms. The number of Topliss-reactive ketones (excluding diaryl/α,β-unsaturated/α-hetero) is 1. The number of hydrogen-bond donors (Lipinski definition) is 0. The normalized spacial score (nSPS) is 22.5. The summed E-state index contributed by atoms with van der Waals surface area (Å²) >= 11 is 0. The van der Waals surface area contributed by atoms with E-state index in [1.54, 1.807) is 0 Å². The van der Waals surface area contributed by atoms with Crippen molar-refractivity contribution in [3.05, 3.63) is 11.6 Å². The SMILES string of the molecule is Br.CCN1CCC=C(C(=O)C2CC2)C1. The summed E-state index contributed by atoms with van der Waals surface area (Å²) in [6.45, 7) is 5.24.